The van der Waals surface area contributed by atoms with E-state index in [1.807, 2.05) is 24.0 Å². The van der Waals surface area contributed by atoms with Crippen molar-refractivity contribution in [3.05, 3.63) is 29.3 Å². The molecule has 7 nitrogen and oxygen atoms in total. The summed E-state index contributed by atoms with van der Waals surface area (Å²) < 4.78 is 34.1. The summed E-state index contributed by atoms with van der Waals surface area (Å²) in [4.78, 5) is 14.9. The predicted octanol–water partition coefficient (Wildman–Crippen LogP) is 2.40. The monoisotopic (exact) mass is 435 g/mol. The van der Waals surface area contributed by atoms with Crippen molar-refractivity contribution in [2.75, 3.05) is 39.4 Å². The van der Waals surface area contributed by atoms with Gasteiger partial charge in [0.05, 0.1) is 18.1 Å². The zero-order valence-electron chi connectivity index (χ0n) is 17.8. The van der Waals surface area contributed by atoms with Crippen LogP contribution >= 0.6 is 0 Å². The summed E-state index contributed by atoms with van der Waals surface area (Å²) in [5, 5.41) is 2.96. The van der Waals surface area contributed by atoms with Gasteiger partial charge in [0.2, 0.25) is 10.0 Å². The zero-order valence-corrected chi connectivity index (χ0v) is 18.6. The van der Waals surface area contributed by atoms with E-state index in [0.29, 0.717) is 50.7 Å². The molecule has 0 bridgehead atoms. The molecule has 0 aromatic heterocycles. The van der Waals surface area contributed by atoms with E-state index in [9.17, 15) is 13.2 Å². The maximum Gasteiger partial charge on any atom is 0.317 e. The van der Waals surface area contributed by atoms with Crippen molar-refractivity contribution in [1.29, 1.82) is 0 Å². The molecule has 8 heteroatoms. The average Bonchev–Trinajstić information content (AvgIpc) is 2.99. The van der Waals surface area contributed by atoms with Crippen LogP contribution in [0, 0.1) is 5.92 Å². The van der Waals surface area contributed by atoms with Gasteiger partial charge in [0.25, 0.3) is 0 Å². The number of nitrogens with one attached hydrogen (secondary N) is 1. The van der Waals surface area contributed by atoms with Crippen LogP contribution in [0.2, 0.25) is 0 Å². The minimum absolute atomic E-state index is 0.0129. The number of amides is 2. The van der Waals surface area contributed by atoms with Gasteiger partial charge in [-0.15, -0.1) is 0 Å². The molecule has 0 saturated carbocycles. The Morgan fingerprint density at radius 2 is 2.00 bits per heavy atom. The highest BCUT2D eigenvalue weighted by atomic mass is 32.2. The van der Waals surface area contributed by atoms with Crippen LogP contribution in [0.5, 0.6) is 0 Å². The van der Waals surface area contributed by atoms with Gasteiger partial charge in [0, 0.05) is 38.1 Å². The SMILES string of the molecule is CCCNC(=O)N1CCOC[C@H]2CN(S(=O)(=O)c3ccc4c(c3)CCCC4)CC[C@H]21. The fourth-order valence-corrected chi connectivity index (χ4v) is 6.51. The molecular weight excluding hydrogens is 402 g/mol. The number of fused-ring (bicyclic) bond motifs is 2. The lowest BCUT2D eigenvalue weighted by molar-refractivity contribution is 0.0848. The Balaban J connectivity index is 1.50. The Hall–Kier alpha value is -1.64. The first kappa shape index (κ1) is 21.6. The van der Waals surface area contributed by atoms with Crippen molar-refractivity contribution in [2.24, 2.45) is 5.92 Å². The van der Waals surface area contributed by atoms with E-state index in [0.717, 1.165) is 25.7 Å². The molecule has 0 radical (unpaired) electrons. The standard InChI is InChI=1S/C22H33N3O4S/c1-2-10-23-22(26)25-12-13-29-16-19-15-24(11-9-21(19)25)30(27,28)20-8-7-17-5-3-4-6-18(17)14-20/h7-8,14,19,21H,2-6,9-13,15-16H2,1H3,(H,23,26)/t19-,21-/m1/s1. The number of sulfonamides is 1. The molecule has 2 aliphatic heterocycles. The van der Waals surface area contributed by atoms with E-state index in [4.69, 9.17) is 4.74 Å². The summed E-state index contributed by atoms with van der Waals surface area (Å²) in [6.45, 7) is 5.02. The summed E-state index contributed by atoms with van der Waals surface area (Å²) in [7, 11) is -3.55. The van der Waals surface area contributed by atoms with Crippen molar-refractivity contribution in [1.82, 2.24) is 14.5 Å². The maximum absolute atomic E-state index is 13.4. The molecule has 2 heterocycles. The Labute approximate surface area is 179 Å². The second-order valence-electron chi connectivity index (χ2n) is 8.62. The van der Waals surface area contributed by atoms with Crippen molar-refractivity contribution >= 4 is 16.1 Å². The van der Waals surface area contributed by atoms with Gasteiger partial charge < -0.3 is 15.0 Å². The molecule has 2 atom stereocenters. The van der Waals surface area contributed by atoms with Crippen molar-refractivity contribution in [3.63, 3.8) is 0 Å². The largest absolute Gasteiger partial charge is 0.379 e. The molecular formula is C22H33N3O4S. The first-order valence-electron chi connectivity index (χ1n) is 11.2. The number of piperidine rings is 1. The molecule has 1 aromatic rings. The molecule has 30 heavy (non-hydrogen) atoms. The fraction of sp³-hybridized carbons (Fsp3) is 0.682. The average molecular weight is 436 g/mol. The fourth-order valence-electron chi connectivity index (χ4n) is 4.95. The highest BCUT2D eigenvalue weighted by molar-refractivity contribution is 7.89. The number of aryl methyl sites for hydroxylation is 2. The molecule has 1 N–H and O–H groups in total. The van der Waals surface area contributed by atoms with Crippen LogP contribution in [0.25, 0.3) is 0 Å². The molecule has 1 aliphatic carbocycles. The molecule has 166 valence electrons. The lowest BCUT2D eigenvalue weighted by Crippen LogP contribution is -2.56. The van der Waals surface area contributed by atoms with Crippen molar-refractivity contribution < 1.29 is 17.9 Å². The highest BCUT2D eigenvalue weighted by Gasteiger charge is 2.41. The van der Waals surface area contributed by atoms with Crippen LogP contribution in [-0.2, 0) is 27.6 Å². The molecule has 1 aromatic carbocycles. The number of hydrogen-bond donors (Lipinski definition) is 1. The maximum atomic E-state index is 13.4. The lowest BCUT2D eigenvalue weighted by atomic mass is 9.92. The van der Waals surface area contributed by atoms with Crippen LogP contribution in [0.4, 0.5) is 4.79 Å². The van der Waals surface area contributed by atoms with Gasteiger partial charge in [0.1, 0.15) is 0 Å². The van der Waals surface area contributed by atoms with Gasteiger partial charge in [-0.2, -0.15) is 4.31 Å². The Morgan fingerprint density at radius 3 is 2.80 bits per heavy atom. The van der Waals surface area contributed by atoms with Crippen LogP contribution in [0.15, 0.2) is 23.1 Å². The third-order valence-electron chi connectivity index (χ3n) is 6.61. The van der Waals surface area contributed by atoms with Crippen LogP contribution < -0.4 is 5.32 Å². The van der Waals surface area contributed by atoms with Gasteiger partial charge >= 0.3 is 6.03 Å². The number of hydrogen-bond acceptors (Lipinski definition) is 4. The third kappa shape index (κ3) is 4.36. The normalized spacial score (nSPS) is 25.2. The minimum Gasteiger partial charge on any atom is -0.379 e. The van der Waals surface area contributed by atoms with E-state index < -0.39 is 10.0 Å². The number of carbonyl (C=O) groups excluding carboxylic acids is 1. The molecule has 4 rings (SSSR count). The highest BCUT2D eigenvalue weighted by Crippen LogP contribution is 2.31. The number of ether oxygens (including phenoxy) is 1. The van der Waals surface area contributed by atoms with E-state index >= 15 is 0 Å². The summed E-state index contributed by atoms with van der Waals surface area (Å²) in [5.74, 6) is -0.0129. The summed E-state index contributed by atoms with van der Waals surface area (Å²) in [6.07, 6.45) is 5.82. The van der Waals surface area contributed by atoms with E-state index in [1.165, 1.54) is 17.5 Å². The van der Waals surface area contributed by atoms with Gasteiger partial charge in [-0.05, 0) is 61.8 Å². The Morgan fingerprint density at radius 1 is 1.20 bits per heavy atom. The van der Waals surface area contributed by atoms with Gasteiger partial charge in [-0.1, -0.05) is 13.0 Å². The second-order valence-corrected chi connectivity index (χ2v) is 10.6. The summed E-state index contributed by atoms with van der Waals surface area (Å²) in [6, 6.07) is 5.58. The van der Waals surface area contributed by atoms with Crippen LogP contribution in [0.3, 0.4) is 0 Å². The van der Waals surface area contributed by atoms with E-state index in [1.54, 1.807) is 10.4 Å². The topological polar surface area (TPSA) is 79.0 Å². The number of nitrogens with zero attached hydrogens (tertiary/aromatic N) is 2. The van der Waals surface area contributed by atoms with Crippen molar-refractivity contribution in [2.45, 2.75) is 56.4 Å². The van der Waals surface area contributed by atoms with Gasteiger partial charge in [-0.3, -0.25) is 0 Å². The van der Waals surface area contributed by atoms with E-state index in [2.05, 4.69) is 5.32 Å². The summed E-state index contributed by atoms with van der Waals surface area (Å²) >= 11 is 0. The number of rotatable bonds is 4. The first-order chi connectivity index (χ1) is 14.5. The van der Waals surface area contributed by atoms with Crippen LogP contribution in [0.1, 0.15) is 43.7 Å². The smallest absolute Gasteiger partial charge is 0.317 e. The zero-order chi connectivity index (χ0) is 21.1. The third-order valence-corrected chi connectivity index (χ3v) is 8.47. The van der Waals surface area contributed by atoms with E-state index in [-0.39, 0.29) is 18.0 Å². The molecule has 3 aliphatic rings. The molecule has 2 amide bonds. The number of benzene rings is 1. The summed E-state index contributed by atoms with van der Waals surface area (Å²) in [5.41, 5.74) is 2.46. The second kappa shape index (κ2) is 9.24. The number of carbonyl (C=O) groups is 1. The Kier molecular flexibility index (Phi) is 6.65. The molecule has 0 unspecified atom stereocenters. The predicted molar refractivity (Wildman–Crippen MR) is 115 cm³/mol. The first-order valence-corrected chi connectivity index (χ1v) is 12.7. The number of urea groups is 1. The Bertz CT molecular complexity index is 873. The minimum atomic E-state index is -3.55. The van der Waals surface area contributed by atoms with Gasteiger partial charge in [0.15, 0.2) is 0 Å². The quantitative estimate of drug-likeness (QED) is 0.788. The van der Waals surface area contributed by atoms with Crippen LogP contribution in [-0.4, -0.2) is 69.1 Å². The van der Waals surface area contributed by atoms with Gasteiger partial charge in [-0.25, -0.2) is 13.2 Å². The van der Waals surface area contributed by atoms with Crippen molar-refractivity contribution in [3.8, 4) is 0 Å². The lowest BCUT2D eigenvalue weighted by Gasteiger charge is -2.41. The molecule has 0 spiro atoms. The molecule has 2 fully saturated rings. The molecule has 2 saturated heterocycles.